The normalized spacial score (nSPS) is 24.7. The Morgan fingerprint density at radius 3 is 2.38 bits per heavy atom. The van der Waals surface area contributed by atoms with Crippen molar-refractivity contribution in [3.05, 3.63) is 46.0 Å². The first-order valence-electron chi connectivity index (χ1n) is 9.68. The second-order valence-electron chi connectivity index (χ2n) is 8.26. The van der Waals surface area contributed by atoms with Gasteiger partial charge in [-0.25, -0.2) is 12.8 Å². The molecular formula is C20H17ClF4N4O3S2. The fourth-order valence-corrected chi connectivity index (χ4v) is 6.96. The van der Waals surface area contributed by atoms with Crippen molar-refractivity contribution in [3.8, 4) is 22.2 Å². The number of aromatic nitrogens is 2. The van der Waals surface area contributed by atoms with Gasteiger partial charge >= 0.3 is 6.18 Å². The summed E-state index contributed by atoms with van der Waals surface area (Å²) in [5, 5.41) is 8.34. The molecule has 3 heterocycles. The van der Waals surface area contributed by atoms with Gasteiger partial charge in [-0.1, -0.05) is 11.6 Å². The van der Waals surface area contributed by atoms with Gasteiger partial charge in [-0.05, 0) is 44.2 Å². The van der Waals surface area contributed by atoms with Gasteiger partial charge in [0.15, 0.2) is 9.84 Å². The number of amidine groups is 1. The molecule has 7 nitrogen and oxygen atoms in total. The van der Waals surface area contributed by atoms with Crippen LogP contribution in [-0.2, 0) is 15.4 Å². The van der Waals surface area contributed by atoms with E-state index < -0.39 is 50.1 Å². The molecule has 1 aromatic carbocycles. The van der Waals surface area contributed by atoms with E-state index in [9.17, 15) is 26.0 Å². The first kappa shape index (κ1) is 24.6. The molecule has 2 atom stereocenters. The van der Waals surface area contributed by atoms with Gasteiger partial charge in [0.2, 0.25) is 5.89 Å². The lowest BCUT2D eigenvalue weighted by Crippen LogP contribution is -2.58. The Bertz CT molecular complexity index is 1390. The SMILES string of the molecule is C[C@@]1(c2sc(-c3nnc(-c4ccc(Cl)cc4)o3)cc2F)CS(=O)(=O)[C@](C)(CC(F)(F)F)C(N)=N1. The van der Waals surface area contributed by atoms with Crippen LogP contribution in [0, 0.1) is 5.82 Å². The van der Waals surface area contributed by atoms with Gasteiger partial charge in [0.05, 0.1) is 21.9 Å². The summed E-state index contributed by atoms with van der Waals surface area (Å²) in [6.07, 6.45) is -6.49. The summed E-state index contributed by atoms with van der Waals surface area (Å²) in [7, 11) is -4.47. The molecule has 0 radical (unpaired) electrons. The second kappa shape index (κ2) is 8.02. The van der Waals surface area contributed by atoms with Gasteiger partial charge in [0, 0.05) is 10.6 Å². The molecule has 14 heteroatoms. The summed E-state index contributed by atoms with van der Waals surface area (Å²) >= 11 is 6.67. The molecule has 0 bridgehead atoms. The van der Waals surface area contributed by atoms with E-state index in [-0.39, 0.29) is 21.5 Å². The predicted molar refractivity (Wildman–Crippen MR) is 120 cm³/mol. The molecular weight excluding hydrogens is 520 g/mol. The van der Waals surface area contributed by atoms with Crippen molar-refractivity contribution in [2.45, 2.75) is 36.7 Å². The Labute approximate surface area is 200 Å². The maximum absolute atomic E-state index is 15.0. The minimum absolute atomic E-state index is 0.0266. The zero-order chi connectivity index (χ0) is 25.1. The third-order valence-electron chi connectivity index (χ3n) is 5.51. The number of hydrogen-bond donors (Lipinski definition) is 1. The molecule has 0 fully saturated rings. The summed E-state index contributed by atoms with van der Waals surface area (Å²) in [4.78, 5) is 4.11. The molecule has 0 aliphatic carbocycles. The fourth-order valence-electron chi connectivity index (χ4n) is 3.68. The predicted octanol–water partition coefficient (Wildman–Crippen LogP) is 4.97. The minimum Gasteiger partial charge on any atom is -0.415 e. The highest BCUT2D eigenvalue weighted by atomic mass is 35.5. The monoisotopic (exact) mass is 536 g/mol. The number of nitrogens with two attached hydrogens (primary N) is 1. The summed E-state index contributed by atoms with van der Waals surface area (Å²) in [5.41, 5.74) is 4.60. The molecule has 3 aromatic rings. The number of thiophene rings is 1. The lowest BCUT2D eigenvalue weighted by molar-refractivity contribution is -0.137. The molecule has 0 saturated heterocycles. The van der Waals surface area contributed by atoms with Crippen molar-refractivity contribution in [1.29, 1.82) is 0 Å². The van der Waals surface area contributed by atoms with Crippen LogP contribution in [0.4, 0.5) is 17.6 Å². The Morgan fingerprint density at radius 2 is 1.79 bits per heavy atom. The standard InChI is InChI=1S/C20H17ClF4N4O3S2/c1-18(9-34(30,31)19(2,17(26)27-18)8-20(23,24)25)14-12(22)7-13(33-14)16-29-28-15(32-16)10-3-5-11(21)6-4-10/h3-7H,8-9H2,1-2H3,(H2,26,27)/t18-,19+/m0/s1. The van der Waals surface area contributed by atoms with Crippen LogP contribution in [0.2, 0.25) is 5.02 Å². The first-order chi connectivity index (χ1) is 15.6. The summed E-state index contributed by atoms with van der Waals surface area (Å²) in [6, 6.07) is 7.64. The van der Waals surface area contributed by atoms with Crippen molar-refractivity contribution < 1.29 is 30.4 Å². The topological polar surface area (TPSA) is 111 Å². The van der Waals surface area contributed by atoms with E-state index >= 15 is 0 Å². The Hall–Kier alpha value is -2.51. The number of hydrogen-bond acceptors (Lipinski definition) is 8. The van der Waals surface area contributed by atoms with Crippen molar-refractivity contribution in [1.82, 2.24) is 10.2 Å². The van der Waals surface area contributed by atoms with Crippen LogP contribution < -0.4 is 5.73 Å². The average Bonchev–Trinajstić information content (AvgIpc) is 3.33. The number of alkyl halides is 3. The highest BCUT2D eigenvalue weighted by Crippen LogP contribution is 2.45. The fraction of sp³-hybridized carbons (Fsp3) is 0.350. The third-order valence-corrected chi connectivity index (χ3v) is 9.78. The smallest absolute Gasteiger partial charge is 0.391 e. The molecule has 2 aromatic heterocycles. The lowest BCUT2D eigenvalue weighted by atomic mass is 9.99. The number of rotatable bonds is 4. The van der Waals surface area contributed by atoms with Crippen LogP contribution in [-0.4, -0.2) is 41.1 Å². The largest absolute Gasteiger partial charge is 0.415 e. The van der Waals surface area contributed by atoms with E-state index in [4.69, 9.17) is 21.8 Å². The van der Waals surface area contributed by atoms with Crippen molar-refractivity contribution in [2.24, 2.45) is 10.7 Å². The molecule has 0 spiro atoms. The summed E-state index contributed by atoms with van der Waals surface area (Å²) in [5.74, 6) is -2.28. The van der Waals surface area contributed by atoms with E-state index in [2.05, 4.69) is 15.2 Å². The van der Waals surface area contributed by atoms with Crippen molar-refractivity contribution in [2.75, 3.05) is 5.75 Å². The average molecular weight is 537 g/mol. The number of sulfone groups is 1. The molecule has 1 aliphatic rings. The summed E-state index contributed by atoms with van der Waals surface area (Å²) in [6.45, 7) is 2.18. The van der Waals surface area contributed by atoms with Crippen LogP contribution in [0.5, 0.6) is 0 Å². The molecule has 1 aliphatic heterocycles. The van der Waals surface area contributed by atoms with Gasteiger partial charge in [-0.3, -0.25) is 4.99 Å². The quantitative estimate of drug-likeness (QED) is 0.471. The highest BCUT2D eigenvalue weighted by Gasteiger charge is 2.57. The number of benzene rings is 1. The highest BCUT2D eigenvalue weighted by molar-refractivity contribution is 7.93. The van der Waals surface area contributed by atoms with Gasteiger partial charge < -0.3 is 10.2 Å². The lowest BCUT2D eigenvalue weighted by Gasteiger charge is -2.39. The maximum atomic E-state index is 15.0. The molecule has 182 valence electrons. The maximum Gasteiger partial charge on any atom is 0.391 e. The van der Waals surface area contributed by atoms with Crippen LogP contribution in [0.3, 0.4) is 0 Å². The Kier molecular flexibility index (Phi) is 5.81. The van der Waals surface area contributed by atoms with E-state index in [1.54, 1.807) is 24.3 Å². The van der Waals surface area contributed by atoms with Gasteiger partial charge in [-0.2, -0.15) is 13.2 Å². The Balaban J connectivity index is 1.71. The number of halogens is 5. The molecule has 0 unspecified atom stereocenters. The second-order valence-corrected chi connectivity index (χ2v) is 12.2. The molecule has 34 heavy (non-hydrogen) atoms. The van der Waals surface area contributed by atoms with Crippen LogP contribution in [0.1, 0.15) is 25.1 Å². The number of aliphatic imine (C=N–C) groups is 1. The molecule has 0 saturated carbocycles. The van der Waals surface area contributed by atoms with Gasteiger partial charge in [-0.15, -0.1) is 21.5 Å². The van der Waals surface area contributed by atoms with Gasteiger partial charge in [0.25, 0.3) is 5.89 Å². The van der Waals surface area contributed by atoms with E-state index in [0.717, 1.165) is 24.3 Å². The first-order valence-corrected chi connectivity index (χ1v) is 12.5. The molecule has 2 N–H and O–H groups in total. The molecule has 0 amide bonds. The van der Waals surface area contributed by atoms with Crippen LogP contribution in [0.15, 0.2) is 39.7 Å². The Morgan fingerprint density at radius 1 is 1.18 bits per heavy atom. The van der Waals surface area contributed by atoms with Crippen molar-refractivity contribution in [3.63, 3.8) is 0 Å². The summed E-state index contributed by atoms with van der Waals surface area (Å²) < 4.78 is 83.1. The van der Waals surface area contributed by atoms with Crippen LogP contribution >= 0.6 is 22.9 Å². The third kappa shape index (κ3) is 4.31. The van der Waals surface area contributed by atoms with E-state index in [1.165, 1.54) is 6.92 Å². The van der Waals surface area contributed by atoms with Crippen LogP contribution in [0.25, 0.3) is 22.2 Å². The minimum atomic E-state index is -4.79. The van der Waals surface area contributed by atoms with E-state index in [1.807, 2.05) is 0 Å². The zero-order valence-electron chi connectivity index (χ0n) is 17.7. The number of nitrogens with zero attached hydrogens (tertiary/aromatic N) is 3. The van der Waals surface area contributed by atoms with Crippen molar-refractivity contribution >= 4 is 38.6 Å². The zero-order valence-corrected chi connectivity index (χ0v) is 20.0. The van der Waals surface area contributed by atoms with Gasteiger partial charge in [0.1, 0.15) is 21.9 Å². The molecule has 4 rings (SSSR count). The van der Waals surface area contributed by atoms with E-state index in [0.29, 0.717) is 10.6 Å².